The molecule has 1 saturated heterocycles. The molecule has 0 amide bonds. The Morgan fingerprint density at radius 2 is 1.80 bits per heavy atom. The molecule has 0 atom stereocenters. The number of halogens is 2. The van der Waals surface area contributed by atoms with Gasteiger partial charge in [-0.05, 0) is 0 Å². The largest absolute Gasteiger partial charge is 0.350 e. The number of piperazine rings is 1. The predicted molar refractivity (Wildman–Crippen MR) is 48.5 cm³/mol. The summed E-state index contributed by atoms with van der Waals surface area (Å²) in [6.07, 6.45) is 0. The van der Waals surface area contributed by atoms with E-state index in [4.69, 9.17) is 5.26 Å². The maximum absolute atomic E-state index is 12.1. The van der Waals surface area contributed by atoms with Gasteiger partial charge >= 0.3 is 5.76 Å². The fourth-order valence-corrected chi connectivity index (χ4v) is 2.25. The molecule has 86 valence electrons. The molecule has 0 saturated carbocycles. The zero-order valence-corrected chi connectivity index (χ0v) is 8.75. The molecule has 1 aliphatic rings. The van der Waals surface area contributed by atoms with Crippen LogP contribution in [0.5, 0.6) is 0 Å². The van der Waals surface area contributed by atoms with Gasteiger partial charge in [0.1, 0.15) is 0 Å². The van der Waals surface area contributed by atoms with Crippen LogP contribution in [0.3, 0.4) is 0 Å². The Hall–Kier alpha value is -0.780. The second-order valence-corrected chi connectivity index (χ2v) is 5.04. The number of nitriles is 1. The number of rotatable bonds is 3. The Bertz CT molecular complexity index is 344. The van der Waals surface area contributed by atoms with Gasteiger partial charge in [0.15, 0.2) is 0 Å². The van der Waals surface area contributed by atoms with Crippen molar-refractivity contribution in [1.29, 1.82) is 5.26 Å². The highest BCUT2D eigenvalue weighted by Crippen LogP contribution is 2.14. The Balaban J connectivity index is 2.55. The Kier molecular flexibility index (Phi) is 3.96. The van der Waals surface area contributed by atoms with Crippen molar-refractivity contribution in [3.63, 3.8) is 0 Å². The van der Waals surface area contributed by atoms with E-state index < -0.39 is 15.8 Å². The zero-order chi connectivity index (χ0) is 11.5. The van der Waals surface area contributed by atoms with E-state index in [9.17, 15) is 17.2 Å². The minimum absolute atomic E-state index is 0.0222. The third kappa shape index (κ3) is 2.84. The smallest absolute Gasteiger partial charge is 0.288 e. The third-order valence-electron chi connectivity index (χ3n) is 2.21. The molecule has 15 heavy (non-hydrogen) atoms. The molecule has 0 aromatic rings. The summed E-state index contributed by atoms with van der Waals surface area (Å²) in [4.78, 5) is 1.72. The van der Waals surface area contributed by atoms with Crippen molar-refractivity contribution in [2.45, 2.75) is 5.76 Å². The predicted octanol–water partition coefficient (Wildman–Crippen LogP) is -0.320. The minimum atomic E-state index is -4.45. The third-order valence-corrected chi connectivity index (χ3v) is 3.75. The standard InChI is InChI=1S/C7H11F2N3O2S/c8-7(9)15(13,14)12-5-3-11(2-1-10)4-6-12/h7H,2-6H2. The van der Waals surface area contributed by atoms with Crippen molar-refractivity contribution in [2.24, 2.45) is 0 Å². The quantitative estimate of drug-likeness (QED) is 0.633. The molecule has 8 heteroatoms. The Labute approximate surface area is 86.9 Å². The van der Waals surface area contributed by atoms with E-state index in [0.29, 0.717) is 13.1 Å². The fraction of sp³-hybridized carbons (Fsp3) is 0.857. The maximum atomic E-state index is 12.1. The molecule has 0 spiro atoms. The van der Waals surface area contributed by atoms with Crippen LogP contribution in [0.2, 0.25) is 0 Å². The first-order valence-electron chi connectivity index (χ1n) is 4.35. The normalized spacial score (nSPS) is 20.4. The molecule has 0 radical (unpaired) electrons. The van der Waals surface area contributed by atoms with Gasteiger partial charge in [0, 0.05) is 26.2 Å². The molecule has 1 fully saturated rings. The number of hydrogen-bond acceptors (Lipinski definition) is 4. The first-order chi connectivity index (χ1) is 6.98. The van der Waals surface area contributed by atoms with Crippen LogP contribution in [0.1, 0.15) is 0 Å². The SMILES string of the molecule is N#CCN1CCN(S(=O)(=O)C(F)F)CC1. The summed E-state index contributed by atoms with van der Waals surface area (Å²) in [5.41, 5.74) is 0. The summed E-state index contributed by atoms with van der Waals surface area (Å²) in [7, 11) is -4.45. The van der Waals surface area contributed by atoms with Crippen LogP contribution in [0.4, 0.5) is 8.78 Å². The van der Waals surface area contributed by atoms with Crippen molar-refractivity contribution in [3.8, 4) is 6.07 Å². The van der Waals surface area contributed by atoms with Gasteiger partial charge in [-0.2, -0.15) is 18.3 Å². The highest BCUT2D eigenvalue weighted by Gasteiger charge is 2.33. The van der Waals surface area contributed by atoms with Crippen molar-refractivity contribution in [3.05, 3.63) is 0 Å². The van der Waals surface area contributed by atoms with E-state index >= 15 is 0 Å². The maximum Gasteiger partial charge on any atom is 0.350 e. The second kappa shape index (κ2) is 4.83. The van der Waals surface area contributed by atoms with Crippen LogP contribution >= 0.6 is 0 Å². The first-order valence-corrected chi connectivity index (χ1v) is 5.85. The van der Waals surface area contributed by atoms with Gasteiger partial charge in [-0.15, -0.1) is 0 Å². The van der Waals surface area contributed by atoms with Gasteiger partial charge in [-0.3, -0.25) is 4.90 Å². The van der Waals surface area contributed by atoms with E-state index in [2.05, 4.69) is 0 Å². The van der Waals surface area contributed by atoms with E-state index in [0.717, 1.165) is 4.31 Å². The summed E-state index contributed by atoms with van der Waals surface area (Å²) >= 11 is 0. The highest BCUT2D eigenvalue weighted by atomic mass is 32.2. The van der Waals surface area contributed by atoms with Crippen molar-refractivity contribution in [1.82, 2.24) is 9.21 Å². The van der Waals surface area contributed by atoms with Gasteiger partial charge < -0.3 is 0 Å². The summed E-state index contributed by atoms with van der Waals surface area (Å²) in [5, 5.41) is 8.39. The van der Waals surface area contributed by atoms with E-state index in [1.165, 1.54) is 0 Å². The molecule has 1 rings (SSSR count). The van der Waals surface area contributed by atoms with Crippen LogP contribution in [0, 0.1) is 11.3 Å². The molecule has 0 bridgehead atoms. The van der Waals surface area contributed by atoms with Gasteiger partial charge in [0.2, 0.25) is 0 Å². The monoisotopic (exact) mass is 239 g/mol. The summed E-state index contributed by atoms with van der Waals surface area (Å²) in [6, 6.07) is 1.92. The van der Waals surface area contributed by atoms with Gasteiger partial charge in [-0.25, -0.2) is 8.42 Å². The molecule has 0 unspecified atom stereocenters. The molecule has 1 aliphatic heterocycles. The zero-order valence-electron chi connectivity index (χ0n) is 7.94. The molecule has 0 aromatic heterocycles. The molecular formula is C7H11F2N3O2S. The lowest BCUT2D eigenvalue weighted by Crippen LogP contribution is -2.49. The van der Waals surface area contributed by atoms with E-state index in [1.807, 2.05) is 6.07 Å². The van der Waals surface area contributed by atoms with Crippen LogP contribution < -0.4 is 0 Å². The molecular weight excluding hydrogens is 228 g/mol. The van der Waals surface area contributed by atoms with Crippen molar-refractivity contribution < 1.29 is 17.2 Å². The summed E-state index contributed by atoms with van der Waals surface area (Å²) < 4.78 is 47.1. The summed E-state index contributed by atoms with van der Waals surface area (Å²) in [5.74, 6) is -3.36. The topological polar surface area (TPSA) is 64.4 Å². The van der Waals surface area contributed by atoms with Crippen molar-refractivity contribution >= 4 is 10.0 Å². The van der Waals surface area contributed by atoms with Gasteiger partial charge in [0.05, 0.1) is 12.6 Å². The lowest BCUT2D eigenvalue weighted by molar-refractivity contribution is 0.180. The molecule has 5 nitrogen and oxygen atoms in total. The fourth-order valence-electron chi connectivity index (χ4n) is 1.35. The van der Waals surface area contributed by atoms with E-state index in [-0.39, 0.29) is 19.6 Å². The van der Waals surface area contributed by atoms with Crippen molar-refractivity contribution in [2.75, 3.05) is 32.7 Å². The minimum Gasteiger partial charge on any atom is -0.288 e. The molecule has 0 N–H and O–H groups in total. The molecule has 1 heterocycles. The summed E-state index contributed by atoms with van der Waals surface area (Å²) in [6.45, 7) is 0.879. The number of alkyl halides is 2. The van der Waals surface area contributed by atoms with Crippen LogP contribution in [0.25, 0.3) is 0 Å². The Morgan fingerprint density at radius 1 is 1.27 bits per heavy atom. The second-order valence-electron chi connectivity index (χ2n) is 3.14. The van der Waals surface area contributed by atoms with Gasteiger partial charge in [0.25, 0.3) is 10.0 Å². The Morgan fingerprint density at radius 3 is 2.20 bits per heavy atom. The van der Waals surface area contributed by atoms with Crippen LogP contribution in [0.15, 0.2) is 0 Å². The van der Waals surface area contributed by atoms with Crippen LogP contribution in [-0.4, -0.2) is 56.1 Å². The number of nitrogens with zero attached hydrogens (tertiary/aromatic N) is 3. The van der Waals surface area contributed by atoms with Gasteiger partial charge in [-0.1, -0.05) is 0 Å². The molecule has 0 aromatic carbocycles. The number of sulfonamides is 1. The highest BCUT2D eigenvalue weighted by molar-refractivity contribution is 7.89. The van der Waals surface area contributed by atoms with Crippen LogP contribution in [-0.2, 0) is 10.0 Å². The molecule has 0 aliphatic carbocycles. The average Bonchev–Trinajstić information content (AvgIpc) is 2.19. The van der Waals surface area contributed by atoms with E-state index in [1.54, 1.807) is 4.90 Å². The number of hydrogen-bond donors (Lipinski definition) is 0. The average molecular weight is 239 g/mol. The lowest BCUT2D eigenvalue weighted by Gasteiger charge is -2.32. The first kappa shape index (κ1) is 12.3. The lowest BCUT2D eigenvalue weighted by atomic mass is 10.4.